The number of hydrogen-bond acceptors (Lipinski definition) is 4. The Labute approximate surface area is 113 Å². The molecule has 1 N–H and O–H groups in total. The molecule has 0 saturated carbocycles. The number of nitrogens with one attached hydrogen (secondary N) is 1. The van der Waals surface area contributed by atoms with Crippen LogP contribution in [0.15, 0.2) is 29.3 Å². The molecule has 1 aliphatic rings. The summed E-state index contributed by atoms with van der Waals surface area (Å²) in [5.41, 5.74) is 0.373. The number of nitrogens with zero attached hydrogens (tertiary/aromatic N) is 1. The van der Waals surface area contributed by atoms with Gasteiger partial charge in [-0.1, -0.05) is 17.8 Å². The van der Waals surface area contributed by atoms with E-state index >= 15 is 0 Å². The molecule has 0 saturated heterocycles. The molecule has 1 aliphatic heterocycles. The quantitative estimate of drug-likeness (QED) is 0.897. The van der Waals surface area contributed by atoms with Crippen molar-refractivity contribution in [3.05, 3.63) is 24.3 Å². The van der Waals surface area contributed by atoms with Crippen molar-refractivity contribution in [1.82, 2.24) is 0 Å². The van der Waals surface area contributed by atoms with Crippen LogP contribution in [-0.2, 0) is 0 Å². The van der Waals surface area contributed by atoms with Gasteiger partial charge in [0.2, 0.25) is 0 Å². The number of rotatable bonds is 2. The molecule has 0 aromatic heterocycles. The van der Waals surface area contributed by atoms with Gasteiger partial charge in [0.25, 0.3) is 0 Å². The van der Waals surface area contributed by atoms with Crippen LogP contribution in [0.5, 0.6) is 5.75 Å². The van der Waals surface area contributed by atoms with E-state index in [1.165, 1.54) is 30.0 Å². The molecule has 0 atom stereocenters. The monoisotopic (exact) mass is 290 g/mol. The molecule has 0 amide bonds. The Kier molecular flexibility index (Phi) is 3.66. The van der Waals surface area contributed by atoms with Gasteiger partial charge in [-0.2, -0.15) is 0 Å². The van der Waals surface area contributed by atoms with E-state index in [1.54, 1.807) is 6.07 Å². The highest BCUT2D eigenvalue weighted by Crippen LogP contribution is 2.29. The zero-order chi connectivity index (χ0) is 14.1. The number of hydrogen-bond donors (Lipinski definition) is 1. The highest BCUT2D eigenvalue weighted by Gasteiger charge is 2.31. The zero-order valence-corrected chi connectivity index (χ0v) is 11.2. The van der Waals surface area contributed by atoms with Crippen molar-refractivity contribution in [1.29, 1.82) is 0 Å². The Hall–Kier alpha value is -1.37. The number of benzene rings is 1. The van der Waals surface area contributed by atoms with Crippen LogP contribution in [0.3, 0.4) is 0 Å². The molecule has 104 valence electrons. The van der Waals surface area contributed by atoms with E-state index in [0.29, 0.717) is 10.9 Å². The Morgan fingerprint density at radius 1 is 1.37 bits per heavy atom. The van der Waals surface area contributed by atoms with Crippen molar-refractivity contribution in [2.75, 3.05) is 11.1 Å². The predicted molar refractivity (Wildman–Crippen MR) is 70.7 cm³/mol. The van der Waals surface area contributed by atoms with Crippen molar-refractivity contribution in [2.24, 2.45) is 4.99 Å². The summed E-state index contributed by atoms with van der Waals surface area (Å²) in [5, 5.41) is 3.69. The lowest BCUT2D eigenvalue weighted by Crippen LogP contribution is -2.17. The van der Waals surface area contributed by atoms with Crippen LogP contribution >= 0.6 is 11.8 Å². The normalized spacial score (nSPS) is 18.1. The number of aliphatic imine (C=N–C) groups is 1. The molecular weight excluding hydrogens is 277 g/mol. The van der Waals surface area contributed by atoms with Crippen LogP contribution in [0, 0.1) is 0 Å². The fourth-order valence-corrected chi connectivity index (χ4v) is 2.60. The van der Waals surface area contributed by atoms with E-state index in [2.05, 4.69) is 15.0 Å². The first kappa shape index (κ1) is 14.0. The number of alkyl halides is 3. The standard InChI is InChI=1S/C12H13F3N2OS/c1-11(2)7-19-10(17-11)16-8-4-3-5-9(6-8)18-12(13,14)15/h3-6H,7H2,1-2H3,(H,16,17). The molecule has 7 heteroatoms. The van der Waals surface area contributed by atoms with Gasteiger partial charge in [-0.15, -0.1) is 13.2 Å². The first-order valence-corrected chi connectivity index (χ1v) is 6.58. The second-order valence-corrected chi connectivity index (χ2v) is 5.68. The summed E-state index contributed by atoms with van der Waals surface area (Å²) in [6.45, 7) is 4.00. The topological polar surface area (TPSA) is 33.6 Å². The summed E-state index contributed by atoms with van der Waals surface area (Å²) in [5.74, 6) is 0.592. The van der Waals surface area contributed by atoms with Crippen LogP contribution in [0.25, 0.3) is 0 Å². The maximum Gasteiger partial charge on any atom is 0.573 e. The Morgan fingerprint density at radius 2 is 2.11 bits per heavy atom. The minimum absolute atomic E-state index is 0.146. The fourth-order valence-electron chi connectivity index (χ4n) is 1.54. The van der Waals surface area contributed by atoms with Crippen molar-refractivity contribution in [3.63, 3.8) is 0 Å². The Bertz CT molecular complexity index is 500. The maximum absolute atomic E-state index is 12.1. The van der Waals surface area contributed by atoms with Gasteiger partial charge in [0.05, 0.1) is 5.54 Å². The molecule has 0 fully saturated rings. The summed E-state index contributed by atoms with van der Waals surface area (Å²) < 4.78 is 40.2. The van der Waals surface area contributed by atoms with Gasteiger partial charge >= 0.3 is 6.36 Å². The number of amidine groups is 1. The summed E-state index contributed by atoms with van der Waals surface area (Å²) in [6.07, 6.45) is -4.68. The lowest BCUT2D eigenvalue weighted by molar-refractivity contribution is -0.274. The first-order valence-electron chi connectivity index (χ1n) is 5.59. The lowest BCUT2D eigenvalue weighted by Gasteiger charge is -2.11. The van der Waals surface area contributed by atoms with Crippen LogP contribution < -0.4 is 10.1 Å². The minimum Gasteiger partial charge on any atom is -0.406 e. The van der Waals surface area contributed by atoms with Gasteiger partial charge < -0.3 is 10.1 Å². The number of anilines is 1. The second kappa shape index (κ2) is 4.96. The lowest BCUT2D eigenvalue weighted by atomic mass is 10.1. The van der Waals surface area contributed by atoms with Crippen molar-refractivity contribution in [2.45, 2.75) is 25.7 Å². The second-order valence-electron chi connectivity index (χ2n) is 4.72. The smallest absolute Gasteiger partial charge is 0.406 e. The van der Waals surface area contributed by atoms with Crippen molar-refractivity contribution >= 4 is 22.6 Å². The largest absolute Gasteiger partial charge is 0.573 e. The Balaban J connectivity index is 2.08. The average Bonchev–Trinajstić information content (AvgIpc) is 2.56. The van der Waals surface area contributed by atoms with Crippen LogP contribution in [0.4, 0.5) is 18.9 Å². The molecule has 0 aliphatic carbocycles. The highest BCUT2D eigenvalue weighted by atomic mass is 32.2. The van der Waals surface area contributed by atoms with E-state index in [1.807, 2.05) is 13.8 Å². The number of halogens is 3. The van der Waals surface area contributed by atoms with Gasteiger partial charge in [-0.05, 0) is 26.0 Å². The van der Waals surface area contributed by atoms with Crippen LogP contribution in [-0.4, -0.2) is 22.8 Å². The van der Waals surface area contributed by atoms with E-state index in [4.69, 9.17) is 0 Å². The van der Waals surface area contributed by atoms with E-state index in [9.17, 15) is 13.2 Å². The van der Waals surface area contributed by atoms with E-state index in [-0.39, 0.29) is 11.3 Å². The van der Waals surface area contributed by atoms with E-state index < -0.39 is 6.36 Å². The van der Waals surface area contributed by atoms with Gasteiger partial charge in [-0.3, -0.25) is 4.99 Å². The summed E-state index contributed by atoms with van der Waals surface area (Å²) in [7, 11) is 0. The molecule has 19 heavy (non-hydrogen) atoms. The first-order chi connectivity index (χ1) is 8.73. The molecular formula is C12H13F3N2OS. The van der Waals surface area contributed by atoms with Gasteiger partial charge in [0.1, 0.15) is 5.75 Å². The molecule has 0 radical (unpaired) electrons. The highest BCUT2D eigenvalue weighted by molar-refractivity contribution is 8.14. The molecule has 2 rings (SSSR count). The zero-order valence-electron chi connectivity index (χ0n) is 10.4. The van der Waals surface area contributed by atoms with Gasteiger partial charge in [0, 0.05) is 17.5 Å². The van der Waals surface area contributed by atoms with Gasteiger partial charge in [-0.25, -0.2) is 0 Å². The minimum atomic E-state index is -4.68. The van der Waals surface area contributed by atoms with Crippen molar-refractivity contribution < 1.29 is 17.9 Å². The molecule has 3 nitrogen and oxygen atoms in total. The van der Waals surface area contributed by atoms with Gasteiger partial charge in [0.15, 0.2) is 5.17 Å². The maximum atomic E-state index is 12.1. The van der Waals surface area contributed by atoms with Crippen LogP contribution in [0.1, 0.15) is 13.8 Å². The molecule has 1 aromatic rings. The summed E-state index contributed by atoms with van der Waals surface area (Å²) in [6, 6.07) is 5.71. The SMILES string of the molecule is CC1(C)CSC(Nc2cccc(OC(F)(F)F)c2)=N1. The molecule has 1 aromatic carbocycles. The van der Waals surface area contributed by atoms with Crippen LogP contribution in [0.2, 0.25) is 0 Å². The third-order valence-corrected chi connectivity index (χ3v) is 3.60. The third-order valence-electron chi connectivity index (χ3n) is 2.29. The third kappa shape index (κ3) is 4.34. The molecule has 0 spiro atoms. The van der Waals surface area contributed by atoms with Crippen molar-refractivity contribution in [3.8, 4) is 5.75 Å². The fraction of sp³-hybridized carbons (Fsp3) is 0.417. The number of ether oxygens (including phenoxy) is 1. The van der Waals surface area contributed by atoms with E-state index in [0.717, 1.165) is 5.75 Å². The molecule has 1 heterocycles. The predicted octanol–water partition coefficient (Wildman–Crippen LogP) is 3.88. The summed E-state index contributed by atoms with van der Waals surface area (Å²) >= 11 is 1.54. The summed E-state index contributed by atoms with van der Waals surface area (Å²) in [4.78, 5) is 4.43. The molecule has 0 unspecified atom stereocenters. The average molecular weight is 290 g/mol. The number of thioether (sulfide) groups is 1. The Morgan fingerprint density at radius 3 is 2.68 bits per heavy atom. The molecule has 0 bridgehead atoms.